The molecule has 15 heavy (non-hydrogen) atoms. The molecule has 0 aliphatic rings. The van der Waals surface area contributed by atoms with Crippen molar-refractivity contribution in [2.45, 2.75) is 19.8 Å². The molecule has 0 amide bonds. The van der Waals surface area contributed by atoms with Gasteiger partial charge in [0.25, 0.3) is 0 Å². The van der Waals surface area contributed by atoms with Gasteiger partial charge in [0.05, 0.1) is 0 Å². The van der Waals surface area contributed by atoms with Crippen molar-refractivity contribution in [3.05, 3.63) is 30.2 Å². The van der Waals surface area contributed by atoms with Crippen molar-refractivity contribution in [1.82, 2.24) is 25.4 Å². The molecule has 2 aromatic heterocycles. The van der Waals surface area contributed by atoms with E-state index in [9.17, 15) is 0 Å². The van der Waals surface area contributed by atoms with E-state index >= 15 is 0 Å². The van der Waals surface area contributed by atoms with E-state index in [1.54, 1.807) is 6.20 Å². The molecule has 2 heterocycles. The van der Waals surface area contributed by atoms with Crippen LogP contribution < -0.4 is 0 Å². The monoisotopic (exact) mass is 201 g/mol. The molecule has 5 heteroatoms. The lowest BCUT2D eigenvalue weighted by Gasteiger charge is -2.01. The van der Waals surface area contributed by atoms with Gasteiger partial charge in [0, 0.05) is 12.1 Å². The third-order valence-corrected chi connectivity index (χ3v) is 1.90. The summed E-state index contributed by atoms with van der Waals surface area (Å²) in [5.41, 5.74) is 0.688. The second-order valence-corrected chi connectivity index (χ2v) is 3.45. The van der Waals surface area contributed by atoms with Crippen molar-refractivity contribution in [3.63, 3.8) is 0 Å². The molecular weight excluding hydrogens is 190 g/mol. The molecular formula is C10H11N5. The lowest BCUT2D eigenvalue weighted by molar-refractivity contribution is 0.693. The molecule has 0 aliphatic heterocycles. The van der Waals surface area contributed by atoms with Crippen molar-refractivity contribution < 1.29 is 0 Å². The third kappa shape index (κ3) is 2.12. The average molecular weight is 201 g/mol. The van der Waals surface area contributed by atoms with Gasteiger partial charge in [-0.05, 0) is 12.1 Å². The van der Waals surface area contributed by atoms with E-state index in [1.807, 2.05) is 32.0 Å². The Balaban J connectivity index is 2.32. The highest BCUT2D eigenvalue weighted by molar-refractivity contribution is 5.46. The summed E-state index contributed by atoms with van der Waals surface area (Å²) in [5.74, 6) is 1.34. The molecule has 0 saturated carbocycles. The first-order chi connectivity index (χ1) is 7.27. The van der Waals surface area contributed by atoms with Crippen LogP contribution in [0.25, 0.3) is 11.5 Å². The molecule has 0 radical (unpaired) electrons. The van der Waals surface area contributed by atoms with Crippen LogP contribution in [0.4, 0.5) is 0 Å². The molecule has 0 N–H and O–H groups in total. The number of pyridine rings is 1. The summed E-state index contributed by atoms with van der Waals surface area (Å²) in [6.07, 6.45) is 1.69. The van der Waals surface area contributed by atoms with Crippen molar-refractivity contribution in [2.75, 3.05) is 0 Å². The predicted octanol–water partition coefficient (Wildman–Crippen LogP) is 1.45. The largest absolute Gasteiger partial charge is 0.253 e. The second-order valence-electron chi connectivity index (χ2n) is 3.45. The Bertz CT molecular complexity index is 423. The van der Waals surface area contributed by atoms with Crippen molar-refractivity contribution in [1.29, 1.82) is 0 Å². The van der Waals surface area contributed by atoms with Gasteiger partial charge in [0.1, 0.15) is 5.69 Å². The second kappa shape index (κ2) is 4.08. The maximum absolute atomic E-state index is 4.12. The maximum Gasteiger partial charge on any atom is 0.221 e. The van der Waals surface area contributed by atoms with Crippen LogP contribution in [0.15, 0.2) is 24.4 Å². The van der Waals surface area contributed by atoms with E-state index in [0.29, 0.717) is 17.3 Å². The Kier molecular flexibility index (Phi) is 2.62. The first-order valence-corrected chi connectivity index (χ1v) is 4.76. The first kappa shape index (κ1) is 9.64. The number of aromatic nitrogens is 5. The highest BCUT2D eigenvalue weighted by Crippen LogP contribution is 2.10. The van der Waals surface area contributed by atoms with Crippen molar-refractivity contribution in [2.24, 2.45) is 0 Å². The molecule has 5 nitrogen and oxygen atoms in total. The Labute approximate surface area is 87.6 Å². The molecule has 0 saturated heterocycles. The Morgan fingerprint density at radius 1 is 1.00 bits per heavy atom. The van der Waals surface area contributed by atoms with Crippen LogP contribution in [-0.4, -0.2) is 25.4 Å². The lowest BCUT2D eigenvalue weighted by Crippen LogP contribution is -2.04. The van der Waals surface area contributed by atoms with E-state index in [4.69, 9.17) is 0 Å². The molecule has 0 aliphatic carbocycles. The van der Waals surface area contributed by atoms with Crippen LogP contribution in [0.2, 0.25) is 0 Å². The van der Waals surface area contributed by atoms with E-state index in [-0.39, 0.29) is 5.92 Å². The van der Waals surface area contributed by atoms with Gasteiger partial charge in [-0.1, -0.05) is 19.9 Å². The van der Waals surface area contributed by atoms with E-state index < -0.39 is 0 Å². The van der Waals surface area contributed by atoms with Gasteiger partial charge in [-0.15, -0.1) is 20.4 Å². The van der Waals surface area contributed by atoms with Crippen molar-refractivity contribution >= 4 is 0 Å². The molecule has 0 fully saturated rings. The van der Waals surface area contributed by atoms with Gasteiger partial charge in [-0.3, -0.25) is 4.98 Å². The first-order valence-electron chi connectivity index (χ1n) is 4.76. The molecule has 76 valence electrons. The highest BCUT2D eigenvalue weighted by Gasteiger charge is 2.07. The molecule has 0 atom stereocenters. The topological polar surface area (TPSA) is 64.5 Å². The fourth-order valence-electron chi connectivity index (χ4n) is 1.07. The lowest BCUT2D eigenvalue weighted by atomic mass is 10.2. The molecule has 0 spiro atoms. The van der Waals surface area contributed by atoms with Gasteiger partial charge >= 0.3 is 0 Å². The maximum atomic E-state index is 4.12. The van der Waals surface area contributed by atoms with E-state index in [0.717, 1.165) is 0 Å². The van der Waals surface area contributed by atoms with Crippen LogP contribution in [0.3, 0.4) is 0 Å². The van der Waals surface area contributed by atoms with E-state index in [2.05, 4.69) is 25.4 Å². The zero-order valence-electron chi connectivity index (χ0n) is 8.62. The Morgan fingerprint density at radius 2 is 1.73 bits per heavy atom. The number of hydrogen-bond acceptors (Lipinski definition) is 5. The molecule has 2 rings (SSSR count). The summed E-state index contributed by atoms with van der Waals surface area (Å²) in [4.78, 5) is 4.12. The zero-order valence-corrected chi connectivity index (χ0v) is 8.62. The minimum Gasteiger partial charge on any atom is -0.253 e. The van der Waals surface area contributed by atoms with Gasteiger partial charge in [-0.2, -0.15) is 0 Å². The minimum atomic E-state index is 0.239. The molecule has 0 aromatic carbocycles. The van der Waals surface area contributed by atoms with Crippen LogP contribution >= 0.6 is 0 Å². The van der Waals surface area contributed by atoms with Crippen molar-refractivity contribution in [3.8, 4) is 11.5 Å². The van der Waals surface area contributed by atoms with Crippen LogP contribution in [-0.2, 0) is 0 Å². The van der Waals surface area contributed by atoms with Gasteiger partial charge in [0.15, 0.2) is 5.82 Å². The van der Waals surface area contributed by atoms with Crippen LogP contribution in [0.1, 0.15) is 25.6 Å². The van der Waals surface area contributed by atoms with Gasteiger partial charge < -0.3 is 0 Å². The summed E-state index contributed by atoms with van der Waals surface area (Å²) < 4.78 is 0. The number of rotatable bonds is 2. The van der Waals surface area contributed by atoms with E-state index in [1.165, 1.54) is 0 Å². The molecule has 0 unspecified atom stereocenters. The summed E-state index contributed by atoms with van der Waals surface area (Å²) in [6.45, 7) is 4.00. The van der Waals surface area contributed by atoms with Crippen LogP contribution in [0, 0.1) is 0 Å². The number of hydrogen-bond donors (Lipinski definition) is 0. The predicted molar refractivity (Wildman–Crippen MR) is 54.9 cm³/mol. The fourth-order valence-corrected chi connectivity index (χ4v) is 1.07. The quantitative estimate of drug-likeness (QED) is 0.735. The zero-order chi connectivity index (χ0) is 10.7. The average Bonchev–Trinajstić information content (AvgIpc) is 2.30. The fraction of sp³-hybridized carbons (Fsp3) is 0.300. The minimum absolute atomic E-state index is 0.239. The van der Waals surface area contributed by atoms with Gasteiger partial charge in [-0.25, -0.2) is 0 Å². The summed E-state index contributed by atoms with van der Waals surface area (Å²) in [5, 5.41) is 16.0. The Morgan fingerprint density at radius 3 is 2.27 bits per heavy atom. The third-order valence-electron chi connectivity index (χ3n) is 1.90. The molecule has 2 aromatic rings. The van der Waals surface area contributed by atoms with Gasteiger partial charge in [0.2, 0.25) is 5.82 Å². The summed E-state index contributed by atoms with van der Waals surface area (Å²) in [7, 11) is 0. The Hall–Kier alpha value is -1.91. The summed E-state index contributed by atoms with van der Waals surface area (Å²) in [6, 6.07) is 5.54. The smallest absolute Gasteiger partial charge is 0.221 e. The number of nitrogens with zero attached hydrogens (tertiary/aromatic N) is 5. The van der Waals surface area contributed by atoms with Crippen LogP contribution in [0.5, 0.6) is 0 Å². The standard InChI is InChI=1S/C10H11N5/c1-7(2)9-12-14-10(15-13-9)8-5-3-4-6-11-8/h3-7H,1-2H3. The highest BCUT2D eigenvalue weighted by atomic mass is 15.3. The SMILES string of the molecule is CC(C)c1nnc(-c2ccccn2)nn1. The summed E-state index contributed by atoms with van der Waals surface area (Å²) >= 11 is 0. The molecule has 0 bridgehead atoms. The normalized spacial score (nSPS) is 10.6.